The smallest absolute Gasteiger partial charge is 0.418 e. The fourth-order valence-corrected chi connectivity index (χ4v) is 3.48. The molecule has 154 valence electrons. The Kier molecular flexibility index (Phi) is 5.96. The van der Waals surface area contributed by atoms with E-state index in [1.165, 1.54) is 11.0 Å². The molecule has 2 aromatic carbocycles. The van der Waals surface area contributed by atoms with Gasteiger partial charge in [0.25, 0.3) is 5.91 Å². The third-order valence-corrected chi connectivity index (χ3v) is 4.70. The molecule has 0 spiro atoms. The molecule has 0 saturated heterocycles. The van der Waals surface area contributed by atoms with Gasteiger partial charge >= 0.3 is 6.09 Å². The van der Waals surface area contributed by atoms with E-state index in [9.17, 15) is 9.59 Å². The summed E-state index contributed by atoms with van der Waals surface area (Å²) in [6.07, 6.45) is 1.40. The number of hydrogen-bond acceptors (Lipinski definition) is 4. The summed E-state index contributed by atoms with van der Waals surface area (Å²) in [6.45, 7) is 9.80. The van der Waals surface area contributed by atoms with Gasteiger partial charge in [-0.05, 0) is 49.4 Å². The van der Waals surface area contributed by atoms with Gasteiger partial charge in [-0.3, -0.25) is 4.79 Å². The quantitative estimate of drug-likeness (QED) is 0.677. The molecular formula is C24H29NO4. The first-order valence-corrected chi connectivity index (χ1v) is 10.0. The van der Waals surface area contributed by atoms with Crippen molar-refractivity contribution in [2.75, 3.05) is 0 Å². The van der Waals surface area contributed by atoms with E-state index in [0.29, 0.717) is 18.8 Å². The maximum Gasteiger partial charge on any atom is 0.418 e. The van der Waals surface area contributed by atoms with E-state index in [1.807, 2.05) is 24.3 Å². The minimum absolute atomic E-state index is 0.278. The fraction of sp³-hybridized carbons (Fsp3) is 0.417. The highest BCUT2D eigenvalue weighted by Crippen LogP contribution is 2.30. The molecule has 0 saturated carbocycles. The molecule has 1 aliphatic heterocycles. The van der Waals surface area contributed by atoms with Gasteiger partial charge < -0.3 is 9.47 Å². The lowest BCUT2D eigenvalue weighted by molar-refractivity contribution is -0.125. The van der Waals surface area contributed by atoms with E-state index in [-0.39, 0.29) is 5.92 Å². The van der Waals surface area contributed by atoms with Crippen LogP contribution in [0.1, 0.15) is 46.6 Å². The number of nitrogens with zero attached hydrogens (tertiary/aromatic N) is 1. The number of carbonyl (C=O) groups is 2. The first-order valence-electron chi connectivity index (χ1n) is 10.0. The second-order valence-corrected chi connectivity index (χ2v) is 8.81. The van der Waals surface area contributed by atoms with E-state index in [2.05, 4.69) is 32.0 Å². The van der Waals surface area contributed by atoms with Crippen molar-refractivity contribution in [3.63, 3.8) is 0 Å². The number of benzene rings is 2. The lowest BCUT2D eigenvalue weighted by atomic mass is 10.0. The van der Waals surface area contributed by atoms with Crippen LogP contribution in [-0.4, -0.2) is 28.5 Å². The fourth-order valence-electron chi connectivity index (χ4n) is 3.48. The Bertz CT molecular complexity index is 934. The van der Waals surface area contributed by atoms with Gasteiger partial charge in [-0.15, -0.1) is 0 Å². The molecule has 0 fully saturated rings. The third-order valence-electron chi connectivity index (χ3n) is 4.70. The van der Waals surface area contributed by atoms with Gasteiger partial charge in [0.1, 0.15) is 24.0 Å². The van der Waals surface area contributed by atoms with Crippen LogP contribution in [0.25, 0.3) is 10.8 Å². The van der Waals surface area contributed by atoms with Crippen LogP contribution >= 0.6 is 0 Å². The number of ether oxygens (including phenoxy) is 2. The average molecular weight is 395 g/mol. The van der Waals surface area contributed by atoms with Crippen molar-refractivity contribution >= 4 is 22.8 Å². The molecule has 0 radical (unpaired) electrons. The molecule has 29 heavy (non-hydrogen) atoms. The summed E-state index contributed by atoms with van der Waals surface area (Å²) in [6, 6.07) is 13.7. The second kappa shape index (κ2) is 8.27. The number of carbonyl (C=O) groups excluding carboxylic acids is 2. The van der Waals surface area contributed by atoms with Gasteiger partial charge in [0.05, 0.1) is 0 Å². The zero-order chi connectivity index (χ0) is 21.2. The highest BCUT2D eigenvalue weighted by atomic mass is 16.6. The maximum absolute atomic E-state index is 12.7. The number of rotatable bonds is 5. The van der Waals surface area contributed by atoms with Crippen LogP contribution in [0, 0.1) is 5.92 Å². The molecule has 0 bridgehead atoms. The molecule has 5 heteroatoms. The summed E-state index contributed by atoms with van der Waals surface area (Å²) in [5, 5.41) is 2.25. The Labute approximate surface area is 172 Å². The second-order valence-electron chi connectivity index (χ2n) is 8.81. The third kappa shape index (κ3) is 4.97. The van der Waals surface area contributed by atoms with E-state index < -0.39 is 23.6 Å². The van der Waals surface area contributed by atoms with E-state index >= 15 is 0 Å². The van der Waals surface area contributed by atoms with Crippen molar-refractivity contribution in [2.45, 2.75) is 59.3 Å². The molecule has 5 nitrogen and oxygen atoms in total. The van der Waals surface area contributed by atoms with Crippen molar-refractivity contribution in [2.24, 2.45) is 5.92 Å². The standard InChI is InChI=1S/C24H29NO4/c1-16(2)13-20-21(14-22(26)25(20)23(27)29-24(3,4)5)28-15-18-11-8-10-17-9-6-7-12-19(17)18/h6-12,14,16,20H,13,15H2,1-5H3/t20-/m0/s1. The van der Waals surface area contributed by atoms with E-state index in [4.69, 9.17) is 9.47 Å². The van der Waals surface area contributed by atoms with Crippen molar-refractivity contribution in [3.05, 3.63) is 59.9 Å². The summed E-state index contributed by atoms with van der Waals surface area (Å²) >= 11 is 0. The topological polar surface area (TPSA) is 55.8 Å². The predicted octanol–water partition coefficient (Wildman–Crippen LogP) is 5.43. The highest BCUT2D eigenvalue weighted by Gasteiger charge is 2.41. The normalized spacial score (nSPS) is 17.0. The predicted molar refractivity (Wildman–Crippen MR) is 113 cm³/mol. The van der Waals surface area contributed by atoms with Crippen LogP contribution in [0.3, 0.4) is 0 Å². The van der Waals surface area contributed by atoms with Crippen LogP contribution in [0.5, 0.6) is 0 Å². The lowest BCUT2D eigenvalue weighted by Crippen LogP contribution is -2.44. The van der Waals surface area contributed by atoms with Crippen LogP contribution in [0.4, 0.5) is 4.79 Å². The molecule has 1 heterocycles. The first kappa shape index (κ1) is 20.9. The molecule has 1 aliphatic rings. The van der Waals surface area contributed by atoms with Gasteiger partial charge in [-0.25, -0.2) is 9.69 Å². The largest absolute Gasteiger partial charge is 0.491 e. The minimum Gasteiger partial charge on any atom is -0.491 e. The molecule has 3 rings (SSSR count). The van der Waals surface area contributed by atoms with Crippen molar-refractivity contribution in [1.82, 2.24) is 4.90 Å². The monoisotopic (exact) mass is 395 g/mol. The number of amides is 2. The van der Waals surface area contributed by atoms with Gasteiger partial charge in [0.15, 0.2) is 0 Å². The van der Waals surface area contributed by atoms with Crippen LogP contribution in [0.2, 0.25) is 0 Å². The van der Waals surface area contributed by atoms with Gasteiger partial charge in [-0.1, -0.05) is 56.3 Å². The lowest BCUT2D eigenvalue weighted by Gasteiger charge is -2.29. The molecule has 0 aromatic heterocycles. The summed E-state index contributed by atoms with van der Waals surface area (Å²) in [5.41, 5.74) is 0.363. The first-order chi connectivity index (χ1) is 13.7. The van der Waals surface area contributed by atoms with Crippen LogP contribution in [0.15, 0.2) is 54.3 Å². The van der Waals surface area contributed by atoms with Crippen molar-refractivity contribution in [3.8, 4) is 0 Å². The summed E-state index contributed by atoms with van der Waals surface area (Å²) in [5.74, 6) is 0.403. The van der Waals surface area contributed by atoms with Crippen molar-refractivity contribution < 1.29 is 19.1 Å². The van der Waals surface area contributed by atoms with Crippen LogP contribution in [-0.2, 0) is 20.9 Å². The molecule has 2 amide bonds. The molecule has 0 aliphatic carbocycles. The molecule has 0 unspecified atom stereocenters. The summed E-state index contributed by atoms with van der Waals surface area (Å²) in [4.78, 5) is 26.4. The number of fused-ring (bicyclic) bond motifs is 1. The molecular weight excluding hydrogens is 366 g/mol. The Morgan fingerprint density at radius 1 is 1.10 bits per heavy atom. The number of imide groups is 1. The Hall–Kier alpha value is -2.82. The Balaban J connectivity index is 1.81. The average Bonchev–Trinajstić information content (AvgIpc) is 2.93. The van der Waals surface area contributed by atoms with E-state index in [0.717, 1.165) is 16.3 Å². The number of hydrogen-bond donors (Lipinski definition) is 0. The molecule has 0 N–H and O–H groups in total. The van der Waals surface area contributed by atoms with Crippen LogP contribution < -0.4 is 0 Å². The SMILES string of the molecule is CC(C)C[C@H]1C(OCc2cccc3ccccc23)=CC(=O)N1C(=O)OC(C)(C)C. The highest BCUT2D eigenvalue weighted by molar-refractivity contribution is 6.02. The van der Waals surface area contributed by atoms with Gasteiger partial charge in [0, 0.05) is 6.08 Å². The van der Waals surface area contributed by atoms with E-state index in [1.54, 1.807) is 20.8 Å². The summed E-state index contributed by atoms with van der Waals surface area (Å²) in [7, 11) is 0. The Morgan fingerprint density at radius 3 is 2.48 bits per heavy atom. The van der Waals surface area contributed by atoms with Crippen molar-refractivity contribution in [1.29, 1.82) is 0 Å². The zero-order valence-corrected chi connectivity index (χ0v) is 17.8. The minimum atomic E-state index is -0.674. The zero-order valence-electron chi connectivity index (χ0n) is 17.8. The maximum atomic E-state index is 12.7. The van der Waals surface area contributed by atoms with Gasteiger partial charge in [-0.2, -0.15) is 0 Å². The molecule has 2 aromatic rings. The Morgan fingerprint density at radius 2 is 1.79 bits per heavy atom. The summed E-state index contributed by atoms with van der Waals surface area (Å²) < 4.78 is 11.5. The van der Waals surface area contributed by atoms with Gasteiger partial charge in [0.2, 0.25) is 0 Å². The molecule has 1 atom stereocenters.